The van der Waals surface area contributed by atoms with Gasteiger partial charge in [0.1, 0.15) is 0 Å². The van der Waals surface area contributed by atoms with Crippen LogP contribution in [0.25, 0.3) is 0 Å². The van der Waals surface area contributed by atoms with Gasteiger partial charge in [0.2, 0.25) is 0 Å². The maximum absolute atomic E-state index is 3.30. The molecule has 0 bridgehead atoms. The predicted molar refractivity (Wildman–Crippen MR) is 65.6 cm³/mol. The van der Waals surface area contributed by atoms with Crippen LogP contribution >= 0.6 is 0 Å². The minimum Gasteiger partial charge on any atom is -0.374 e. The van der Waals surface area contributed by atoms with Crippen LogP contribution in [0, 0.1) is 0 Å². The number of nitrogens with one attached hydrogen (secondary N) is 1. The van der Waals surface area contributed by atoms with Gasteiger partial charge in [-0.2, -0.15) is 0 Å². The van der Waals surface area contributed by atoms with Gasteiger partial charge < -0.3 is 10.2 Å². The van der Waals surface area contributed by atoms with E-state index in [0.717, 1.165) is 6.54 Å². The molecule has 1 N–H and O–H groups in total. The first kappa shape index (κ1) is 10.5. The number of anilines is 1. The highest BCUT2D eigenvalue weighted by Crippen LogP contribution is 2.32. The van der Waals surface area contributed by atoms with Gasteiger partial charge in [0.25, 0.3) is 0 Å². The third-order valence-corrected chi connectivity index (χ3v) is 3.28. The van der Waals surface area contributed by atoms with E-state index >= 15 is 0 Å². The molecule has 1 aromatic carbocycles. The summed E-state index contributed by atoms with van der Waals surface area (Å²) >= 11 is 0. The Kier molecular flexibility index (Phi) is 3.27. The second-order valence-corrected chi connectivity index (χ2v) is 4.38. The number of fused-ring (bicyclic) bond motifs is 1. The Morgan fingerprint density at radius 3 is 3.00 bits per heavy atom. The fraction of sp³-hybridized carbons (Fsp3) is 0.538. The maximum atomic E-state index is 3.30. The smallest absolute Gasteiger partial charge is 0.0399 e. The van der Waals surface area contributed by atoms with Crippen molar-refractivity contribution >= 4 is 5.69 Å². The number of benzene rings is 1. The lowest BCUT2D eigenvalue weighted by atomic mass is 9.94. The third kappa shape index (κ3) is 2.15. The monoisotopic (exact) mass is 204 g/mol. The van der Waals surface area contributed by atoms with Gasteiger partial charge in [-0.25, -0.2) is 0 Å². The quantitative estimate of drug-likeness (QED) is 0.794. The van der Waals surface area contributed by atoms with Crippen LogP contribution in [0.5, 0.6) is 0 Å². The standard InChI is InChI=1S/C13H20N2/c1-14-10-11-6-5-9-15(2)13-8-4-3-7-12(11)13/h3-4,7-8,11,14H,5-6,9-10H2,1-2H3. The van der Waals surface area contributed by atoms with E-state index in [9.17, 15) is 0 Å². The average Bonchev–Trinajstić information content (AvgIpc) is 2.41. The molecule has 0 saturated heterocycles. The van der Waals surface area contributed by atoms with Gasteiger partial charge in [0, 0.05) is 25.8 Å². The molecule has 0 fully saturated rings. The van der Waals surface area contributed by atoms with Crippen molar-refractivity contribution in [1.82, 2.24) is 5.32 Å². The molecule has 0 saturated carbocycles. The van der Waals surface area contributed by atoms with Gasteiger partial charge in [-0.3, -0.25) is 0 Å². The Bertz CT molecular complexity index is 322. The van der Waals surface area contributed by atoms with Crippen molar-refractivity contribution < 1.29 is 0 Å². The minimum absolute atomic E-state index is 0.677. The second kappa shape index (κ2) is 4.67. The lowest BCUT2D eigenvalue weighted by molar-refractivity contribution is 0.576. The van der Waals surface area contributed by atoms with Crippen LogP contribution in [0.4, 0.5) is 5.69 Å². The summed E-state index contributed by atoms with van der Waals surface area (Å²) in [5.74, 6) is 0.677. The molecule has 0 aromatic heterocycles. The van der Waals surface area contributed by atoms with E-state index < -0.39 is 0 Å². The molecule has 0 spiro atoms. The van der Waals surface area contributed by atoms with Crippen LogP contribution in [0.15, 0.2) is 24.3 Å². The van der Waals surface area contributed by atoms with E-state index in [-0.39, 0.29) is 0 Å². The van der Waals surface area contributed by atoms with Crippen LogP contribution < -0.4 is 10.2 Å². The fourth-order valence-electron chi connectivity index (χ4n) is 2.49. The van der Waals surface area contributed by atoms with E-state index in [1.165, 1.54) is 30.6 Å². The van der Waals surface area contributed by atoms with Crippen molar-refractivity contribution in [3.63, 3.8) is 0 Å². The second-order valence-electron chi connectivity index (χ2n) is 4.38. The molecule has 1 aromatic rings. The first-order chi connectivity index (χ1) is 7.33. The van der Waals surface area contributed by atoms with Crippen molar-refractivity contribution in [2.24, 2.45) is 0 Å². The normalized spacial score (nSPS) is 20.9. The molecule has 2 heteroatoms. The highest BCUT2D eigenvalue weighted by atomic mass is 15.1. The van der Waals surface area contributed by atoms with Crippen molar-refractivity contribution in [1.29, 1.82) is 0 Å². The third-order valence-electron chi connectivity index (χ3n) is 3.28. The summed E-state index contributed by atoms with van der Waals surface area (Å²) in [6, 6.07) is 8.81. The Hall–Kier alpha value is -1.02. The summed E-state index contributed by atoms with van der Waals surface area (Å²) in [6.45, 7) is 2.27. The summed E-state index contributed by atoms with van der Waals surface area (Å²) < 4.78 is 0. The number of nitrogens with zero attached hydrogens (tertiary/aromatic N) is 1. The summed E-state index contributed by atoms with van der Waals surface area (Å²) in [5.41, 5.74) is 2.92. The molecule has 0 amide bonds. The predicted octanol–water partition coefficient (Wildman–Crippen LogP) is 2.22. The van der Waals surface area contributed by atoms with E-state index in [2.05, 4.69) is 41.5 Å². The average molecular weight is 204 g/mol. The lowest BCUT2D eigenvalue weighted by Crippen LogP contribution is -2.18. The molecule has 0 aliphatic carbocycles. The first-order valence-electron chi connectivity index (χ1n) is 5.77. The Labute approximate surface area is 92.3 Å². The van der Waals surface area contributed by atoms with Gasteiger partial charge in [-0.15, -0.1) is 0 Å². The van der Waals surface area contributed by atoms with Crippen LogP contribution in [-0.2, 0) is 0 Å². The molecule has 2 nitrogen and oxygen atoms in total. The van der Waals surface area contributed by atoms with E-state index in [1.54, 1.807) is 0 Å². The number of para-hydroxylation sites is 1. The van der Waals surface area contributed by atoms with Gasteiger partial charge in [0.05, 0.1) is 0 Å². The van der Waals surface area contributed by atoms with Crippen LogP contribution in [0.2, 0.25) is 0 Å². The van der Waals surface area contributed by atoms with Crippen molar-refractivity contribution in [2.75, 3.05) is 32.1 Å². The summed E-state index contributed by atoms with van der Waals surface area (Å²) in [7, 11) is 4.23. The molecule has 0 radical (unpaired) electrons. The van der Waals surface area contributed by atoms with Crippen molar-refractivity contribution in [3.8, 4) is 0 Å². The minimum atomic E-state index is 0.677. The Morgan fingerprint density at radius 1 is 1.40 bits per heavy atom. The first-order valence-corrected chi connectivity index (χ1v) is 5.77. The number of hydrogen-bond acceptors (Lipinski definition) is 2. The summed E-state index contributed by atoms with van der Waals surface area (Å²) in [5, 5.41) is 3.30. The Morgan fingerprint density at radius 2 is 2.20 bits per heavy atom. The highest BCUT2D eigenvalue weighted by Gasteiger charge is 2.19. The Balaban J connectivity index is 2.34. The van der Waals surface area contributed by atoms with Crippen molar-refractivity contribution in [3.05, 3.63) is 29.8 Å². The highest BCUT2D eigenvalue weighted by molar-refractivity contribution is 5.55. The molecule has 1 unspecified atom stereocenters. The summed E-state index contributed by atoms with van der Waals surface area (Å²) in [4.78, 5) is 2.38. The van der Waals surface area contributed by atoms with Crippen LogP contribution in [-0.4, -0.2) is 27.2 Å². The molecule has 2 rings (SSSR count). The lowest BCUT2D eigenvalue weighted by Gasteiger charge is -2.21. The number of rotatable bonds is 2. The maximum Gasteiger partial charge on any atom is 0.0399 e. The van der Waals surface area contributed by atoms with E-state index in [0.29, 0.717) is 5.92 Å². The zero-order valence-electron chi connectivity index (χ0n) is 9.66. The molecule has 1 aliphatic rings. The fourth-order valence-corrected chi connectivity index (χ4v) is 2.49. The molecule has 15 heavy (non-hydrogen) atoms. The molecular weight excluding hydrogens is 184 g/mol. The molecular formula is C13H20N2. The zero-order chi connectivity index (χ0) is 10.7. The van der Waals surface area contributed by atoms with Gasteiger partial charge in [0.15, 0.2) is 0 Å². The van der Waals surface area contributed by atoms with Gasteiger partial charge in [-0.05, 0) is 37.4 Å². The van der Waals surface area contributed by atoms with Crippen molar-refractivity contribution in [2.45, 2.75) is 18.8 Å². The van der Waals surface area contributed by atoms with Gasteiger partial charge in [-0.1, -0.05) is 18.2 Å². The van der Waals surface area contributed by atoms with Gasteiger partial charge >= 0.3 is 0 Å². The van der Waals surface area contributed by atoms with E-state index in [1.807, 2.05) is 7.05 Å². The van der Waals surface area contributed by atoms with Crippen LogP contribution in [0.1, 0.15) is 24.3 Å². The molecule has 1 heterocycles. The molecule has 1 atom stereocenters. The van der Waals surface area contributed by atoms with E-state index in [4.69, 9.17) is 0 Å². The van der Waals surface area contributed by atoms with Crippen LogP contribution in [0.3, 0.4) is 0 Å². The topological polar surface area (TPSA) is 15.3 Å². The molecule has 1 aliphatic heterocycles. The number of hydrogen-bond donors (Lipinski definition) is 1. The summed E-state index contributed by atoms with van der Waals surface area (Å²) in [6.07, 6.45) is 2.58. The zero-order valence-corrected chi connectivity index (χ0v) is 9.66. The number of likely N-dealkylation sites (N-methyl/N-ethyl adjacent to an activating group) is 1. The SMILES string of the molecule is CNCC1CCCN(C)c2ccccc21. The molecule has 82 valence electrons. The largest absolute Gasteiger partial charge is 0.374 e.